The first-order valence-electron chi connectivity index (χ1n) is 11.6. The minimum Gasteiger partial charge on any atom is -0.483 e. The summed E-state index contributed by atoms with van der Waals surface area (Å²) < 4.78 is 76.9. The van der Waals surface area contributed by atoms with Gasteiger partial charge in [0.05, 0.1) is 23.7 Å². The molecule has 2 heterocycles. The van der Waals surface area contributed by atoms with Crippen LogP contribution in [-0.2, 0) is 25.7 Å². The molecule has 0 radical (unpaired) electrons. The number of hydrogen-bond donors (Lipinski definition) is 0. The van der Waals surface area contributed by atoms with E-state index in [1.54, 1.807) is 24.0 Å². The third-order valence-corrected chi connectivity index (χ3v) is 8.17. The third kappa shape index (κ3) is 5.93. The highest BCUT2D eigenvalue weighted by Crippen LogP contribution is 2.32. The fourth-order valence-electron chi connectivity index (χ4n) is 4.20. The maximum absolute atomic E-state index is 13.0. The predicted molar refractivity (Wildman–Crippen MR) is 126 cm³/mol. The van der Waals surface area contributed by atoms with E-state index in [-0.39, 0.29) is 17.4 Å². The Kier molecular flexibility index (Phi) is 7.76. The maximum Gasteiger partial charge on any atom is 0.416 e. The van der Waals surface area contributed by atoms with E-state index < -0.39 is 21.8 Å². The zero-order chi connectivity index (χ0) is 25.9. The number of benzene rings is 2. The molecule has 0 N–H and O–H groups in total. The molecule has 0 unspecified atom stereocenters. The third-order valence-electron chi connectivity index (χ3n) is 6.28. The molecule has 2 aliphatic rings. The van der Waals surface area contributed by atoms with Crippen LogP contribution in [-0.4, -0.2) is 82.6 Å². The zero-order valence-corrected chi connectivity index (χ0v) is 20.6. The molecule has 0 aliphatic carbocycles. The molecular formula is C24H28F3N3O5S. The standard InChI is InChI=1S/C24H28F3N3O5S/c1-18-15-21(36(32,33)30-11-13-34-14-12-30)5-6-22(18)35-17-23(31)29-9-7-28(8-10-29)20-4-2-3-19(16-20)24(25,26)27/h2-6,15-16H,7-14,17H2,1H3. The van der Waals surface area contributed by atoms with Gasteiger partial charge < -0.3 is 19.3 Å². The normalized spacial score (nSPS) is 17.8. The van der Waals surface area contributed by atoms with E-state index in [0.717, 1.165) is 12.1 Å². The minimum absolute atomic E-state index is 0.159. The van der Waals surface area contributed by atoms with Crippen molar-refractivity contribution in [1.82, 2.24) is 9.21 Å². The fourth-order valence-corrected chi connectivity index (χ4v) is 5.70. The van der Waals surface area contributed by atoms with Crippen LogP contribution >= 0.6 is 0 Å². The molecule has 8 nitrogen and oxygen atoms in total. The van der Waals surface area contributed by atoms with Gasteiger partial charge in [0, 0.05) is 45.0 Å². The quantitative estimate of drug-likeness (QED) is 0.575. The second-order valence-electron chi connectivity index (χ2n) is 8.65. The van der Waals surface area contributed by atoms with Crippen LogP contribution in [0.2, 0.25) is 0 Å². The van der Waals surface area contributed by atoms with Gasteiger partial charge in [0.1, 0.15) is 5.75 Å². The number of amides is 1. The van der Waals surface area contributed by atoms with Crippen LogP contribution in [0.3, 0.4) is 0 Å². The van der Waals surface area contributed by atoms with Gasteiger partial charge in [-0.25, -0.2) is 8.42 Å². The molecule has 0 bridgehead atoms. The van der Waals surface area contributed by atoms with Crippen LogP contribution in [0.25, 0.3) is 0 Å². The molecule has 2 fully saturated rings. The second kappa shape index (κ2) is 10.7. The highest BCUT2D eigenvalue weighted by atomic mass is 32.2. The second-order valence-corrected chi connectivity index (χ2v) is 10.6. The van der Waals surface area contributed by atoms with Gasteiger partial charge in [-0.15, -0.1) is 0 Å². The van der Waals surface area contributed by atoms with Gasteiger partial charge >= 0.3 is 6.18 Å². The summed E-state index contributed by atoms with van der Waals surface area (Å²) >= 11 is 0. The molecule has 0 atom stereocenters. The first-order valence-corrected chi connectivity index (χ1v) is 13.0. The van der Waals surface area contributed by atoms with Crippen molar-refractivity contribution < 1.29 is 35.9 Å². The first kappa shape index (κ1) is 26.2. The average Bonchev–Trinajstić information content (AvgIpc) is 2.88. The molecule has 12 heteroatoms. The number of halogens is 3. The lowest BCUT2D eigenvalue weighted by atomic mass is 10.1. The fraction of sp³-hybridized carbons (Fsp3) is 0.458. The van der Waals surface area contributed by atoms with Crippen molar-refractivity contribution in [3.05, 3.63) is 53.6 Å². The number of nitrogens with zero attached hydrogens (tertiary/aromatic N) is 3. The van der Waals surface area contributed by atoms with E-state index in [4.69, 9.17) is 9.47 Å². The van der Waals surface area contributed by atoms with Crippen molar-refractivity contribution in [1.29, 1.82) is 0 Å². The molecule has 0 aromatic heterocycles. The van der Waals surface area contributed by atoms with Crippen molar-refractivity contribution in [3.8, 4) is 5.75 Å². The number of anilines is 1. The summed E-state index contributed by atoms with van der Waals surface area (Å²) in [5.41, 5.74) is 0.355. The van der Waals surface area contributed by atoms with Crippen molar-refractivity contribution in [2.24, 2.45) is 0 Å². The summed E-state index contributed by atoms with van der Waals surface area (Å²) in [7, 11) is -3.63. The van der Waals surface area contributed by atoms with Crippen LogP contribution < -0.4 is 9.64 Å². The zero-order valence-electron chi connectivity index (χ0n) is 19.8. The van der Waals surface area contributed by atoms with Crippen LogP contribution in [0.1, 0.15) is 11.1 Å². The van der Waals surface area contributed by atoms with Gasteiger partial charge in [-0.05, 0) is 48.9 Å². The van der Waals surface area contributed by atoms with Crippen molar-refractivity contribution in [3.63, 3.8) is 0 Å². The molecule has 2 saturated heterocycles. The van der Waals surface area contributed by atoms with E-state index >= 15 is 0 Å². The van der Waals surface area contributed by atoms with Gasteiger partial charge in [-0.1, -0.05) is 6.07 Å². The van der Waals surface area contributed by atoms with E-state index in [9.17, 15) is 26.4 Å². The molecule has 0 spiro atoms. The molecule has 2 aliphatic heterocycles. The number of carbonyl (C=O) groups is 1. The lowest BCUT2D eigenvalue weighted by Crippen LogP contribution is -2.50. The Morgan fingerprint density at radius 1 is 1.00 bits per heavy atom. The highest BCUT2D eigenvalue weighted by molar-refractivity contribution is 7.89. The van der Waals surface area contributed by atoms with Gasteiger partial charge in [0.25, 0.3) is 5.91 Å². The summed E-state index contributed by atoms with van der Waals surface area (Å²) in [5.74, 6) is 0.162. The molecule has 36 heavy (non-hydrogen) atoms. The lowest BCUT2D eigenvalue weighted by Gasteiger charge is -2.36. The molecule has 1 amide bonds. The molecule has 196 valence electrons. The number of sulfonamides is 1. The largest absolute Gasteiger partial charge is 0.483 e. The Morgan fingerprint density at radius 2 is 1.69 bits per heavy atom. The number of alkyl halides is 3. The van der Waals surface area contributed by atoms with Crippen LogP contribution in [0.5, 0.6) is 5.75 Å². The Labute approximate surface area is 208 Å². The average molecular weight is 528 g/mol. The topological polar surface area (TPSA) is 79.4 Å². The predicted octanol–water partition coefficient (Wildman–Crippen LogP) is 2.76. The van der Waals surface area contributed by atoms with E-state index in [0.29, 0.717) is 69.5 Å². The number of ether oxygens (including phenoxy) is 2. The van der Waals surface area contributed by atoms with E-state index in [2.05, 4.69) is 0 Å². The molecule has 0 saturated carbocycles. The first-order chi connectivity index (χ1) is 17.1. The summed E-state index contributed by atoms with van der Waals surface area (Å²) in [4.78, 5) is 16.2. The SMILES string of the molecule is Cc1cc(S(=O)(=O)N2CCOCC2)ccc1OCC(=O)N1CCN(c2cccc(C(F)(F)F)c2)CC1. The summed E-state index contributed by atoms with van der Waals surface area (Å²) in [6.45, 7) is 4.32. The summed E-state index contributed by atoms with van der Waals surface area (Å²) in [6, 6.07) is 9.69. The number of morpholine rings is 1. The number of rotatable bonds is 6. The minimum atomic E-state index is -4.41. The molecule has 2 aromatic carbocycles. The van der Waals surface area contributed by atoms with Gasteiger partial charge in [0.15, 0.2) is 6.61 Å². The summed E-state index contributed by atoms with van der Waals surface area (Å²) in [6.07, 6.45) is -4.41. The van der Waals surface area contributed by atoms with Crippen molar-refractivity contribution >= 4 is 21.6 Å². The Hall–Kier alpha value is -2.83. The van der Waals surface area contributed by atoms with Crippen LogP contribution in [0.4, 0.5) is 18.9 Å². The number of piperazine rings is 1. The van der Waals surface area contributed by atoms with Crippen molar-refractivity contribution in [2.45, 2.75) is 18.0 Å². The summed E-state index contributed by atoms with van der Waals surface area (Å²) in [5, 5.41) is 0. The maximum atomic E-state index is 13.0. The highest BCUT2D eigenvalue weighted by Gasteiger charge is 2.31. The van der Waals surface area contributed by atoms with E-state index in [1.165, 1.54) is 22.5 Å². The lowest BCUT2D eigenvalue weighted by molar-refractivity contribution is -0.137. The van der Waals surface area contributed by atoms with Crippen molar-refractivity contribution in [2.75, 3.05) is 64.0 Å². The van der Waals surface area contributed by atoms with Crippen LogP contribution in [0.15, 0.2) is 47.4 Å². The Balaban J connectivity index is 1.31. The molecular weight excluding hydrogens is 499 g/mol. The van der Waals surface area contributed by atoms with Gasteiger partial charge in [-0.3, -0.25) is 4.79 Å². The number of hydrogen-bond acceptors (Lipinski definition) is 6. The number of carbonyl (C=O) groups excluding carboxylic acids is 1. The molecule has 2 aromatic rings. The van der Waals surface area contributed by atoms with Gasteiger partial charge in [0.2, 0.25) is 10.0 Å². The Bertz CT molecular complexity index is 1190. The molecule has 4 rings (SSSR count). The van der Waals surface area contributed by atoms with Crippen LogP contribution in [0, 0.1) is 6.92 Å². The number of aryl methyl sites for hydroxylation is 1. The monoisotopic (exact) mass is 527 g/mol. The Morgan fingerprint density at radius 3 is 2.33 bits per heavy atom. The van der Waals surface area contributed by atoms with E-state index in [1.807, 2.05) is 4.90 Å². The van der Waals surface area contributed by atoms with Gasteiger partial charge in [-0.2, -0.15) is 17.5 Å². The smallest absolute Gasteiger partial charge is 0.416 e.